The number of hydrogen-bond acceptors (Lipinski definition) is 5. The SMILES string of the molecule is CCN(CC)Cc1cc(OCC/C=C\NC(=O)CSCc2ccc(F)cc2)cs1.Cl. The van der Waals surface area contributed by atoms with Crippen molar-refractivity contribution in [3.63, 3.8) is 0 Å². The van der Waals surface area contributed by atoms with Crippen molar-refractivity contribution in [2.75, 3.05) is 25.4 Å². The second-order valence-electron chi connectivity index (χ2n) is 6.44. The minimum Gasteiger partial charge on any atom is -0.492 e. The highest BCUT2D eigenvalue weighted by Gasteiger charge is 2.05. The predicted molar refractivity (Wildman–Crippen MR) is 128 cm³/mol. The molecule has 0 radical (unpaired) electrons. The zero-order valence-corrected chi connectivity index (χ0v) is 19.9. The summed E-state index contributed by atoms with van der Waals surface area (Å²) in [6.45, 7) is 7.98. The van der Waals surface area contributed by atoms with Crippen LogP contribution in [0.5, 0.6) is 5.75 Å². The number of thioether (sulfide) groups is 1. The largest absolute Gasteiger partial charge is 0.492 e. The normalized spacial score (nSPS) is 10.9. The average Bonchev–Trinajstić information content (AvgIpc) is 3.17. The van der Waals surface area contributed by atoms with Gasteiger partial charge in [-0.25, -0.2) is 4.39 Å². The average molecular weight is 473 g/mol. The maximum absolute atomic E-state index is 12.8. The van der Waals surface area contributed by atoms with E-state index in [1.807, 2.05) is 11.5 Å². The molecule has 0 atom stereocenters. The van der Waals surface area contributed by atoms with Gasteiger partial charge in [0.2, 0.25) is 5.91 Å². The van der Waals surface area contributed by atoms with Crippen LogP contribution in [0.1, 0.15) is 30.7 Å². The maximum Gasteiger partial charge on any atom is 0.233 e. The van der Waals surface area contributed by atoms with Gasteiger partial charge in [-0.15, -0.1) is 35.5 Å². The molecule has 0 aliphatic heterocycles. The number of nitrogens with zero attached hydrogens (tertiary/aromatic N) is 1. The number of carbonyl (C=O) groups excluding carboxylic acids is 1. The molecule has 4 nitrogen and oxygen atoms in total. The summed E-state index contributed by atoms with van der Waals surface area (Å²) in [6, 6.07) is 8.44. The van der Waals surface area contributed by atoms with E-state index in [1.54, 1.807) is 29.7 Å². The third kappa shape index (κ3) is 10.5. The molecule has 0 spiro atoms. The summed E-state index contributed by atoms with van der Waals surface area (Å²) in [4.78, 5) is 15.5. The molecule has 1 N–H and O–H groups in total. The zero-order valence-electron chi connectivity index (χ0n) is 17.4. The summed E-state index contributed by atoms with van der Waals surface area (Å²) in [6.07, 6.45) is 4.29. The summed E-state index contributed by atoms with van der Waals surface area (Å²) >= 11 is 3.22. The van der Waals surface area contributed by atoms with Crippen LogP contribution >= 0.6 is 35.5 Å². The minimum absolute atomic E-state index is 0. The molecule has 1 aromatic carbocycles. The Morgan fingerprint density at radius 1 is 1.27 bits per heavy atom. The quantitative estimate of drug-likeness (QED) is 0.392. The number of amides is 1. The summed E-state index contributed by atoms with van der Waals surface area (Å²) < 4.78 is 18.6. The van der Waals surface area contributed by atoms with Crippen LogP contribution in [0, 0.1) is 5.82 Å². The van der Waals surface area contributed by atoms with Gasteiger partial charge in [0, 0.05) is 29.0 Å². The lowest BCUT2D eigenvalue weighted by Gasteiger charge is -2.16. The Morgan fingerprint density at radius 2 is 2.00 bits per heavy atom. The third-order valence-corrected chi connectivity index (χ3v) is 6.14. The fourth-order valence-corrected chi connectivity index (χ4v) is 4.19. The Bertz CT molecular complexity index is 765. The topological polar surface area (TPSA) is 41.6 Å². The Morgan fingerprint density at radius 3 is 2.70 bits per heavy atom. The molecule has 1 aromatic heterocycles. The molecular weight excluding hydrogens is 443 g/mol. The monoisotopic (exact) mass is 472 g/mol. The molecule has 0 bridgehead atoms. The Hall–Kier alpha value is -1.54. The van der Waals surface area contributed by atoms with Crippen LogP contribution in [-0.4, -0.2) is 36.3 Å². The van der Waals surface area contributed by atoms with Crippen molar-refractivity contribution in [3.8, 4) is 5.75 Å². The van der Waals surface area contributed by atoms with Gasteiger partial charge < -0.3 is 10.1 Å². The summed E-state index contributed by atoms with van der Waals surface area (Å²) in [7, 11) is 0. The van der Waals surface area contributed by atoms with Gasteiger partial charge in [0.25, 0.3) is 0 Å². The van der Waals surface area contributed by atoms with Crippen LogP contribution in [0.4, 0.5) is 4.39 Å². The van der Waals surface area contributed by atoms with Crippen molar-refractivity contribution in [3.05, 3.63) is 64.2 Å². The molecule has 0 aliphatic rings. The highest BCUT2D eigenvalue weighted by Crippen LogP contribution is 2.23. The van der Waals surface area contributed by atoms with E-state index in [9.17, 15) is 9.18 Å². The number of benzene rings is 1. The predicted octanol–water partition coefficient (Wildman–Crippen LogP) is 5.48. The van der Waals surface area contributed by atoms with Crippen LogP contribution in [0.2, 0.25) is 0 Å². The second kappa shape index (κ2) is 15.3. The van der Waals surface area contributed by atoms with E-state index in [4.69, 9.17) is 4.74 Å². The molecule has 8 heteroatoms. The Labute approximate surface area is 193 Å². The summed E-state index contributed by atoms with van der Waals surface area (Å²) in [5.41, 5.74) is 1.01. The standard InChI is InChI=1S/C22H29FN2O2S2.ClH/c1-3-25(4-2)14-21-13-20(16-29-21)27-12-6-5-11-24-22(26)17-28-15-18-7-9-19(23)10-8-18;/h5,7-11,13,16H,3-4,6,12,14-15,17H2,1-2H3,(H,24,26);1H/b11-5-;. The van der Waals surface area contributed by atoms with E-state index in [0.29, 0.717) is 18.1 Å². The number of carbonyl (C=O) groups is 1. The lowest BCUT2D eigenvalue weighted by molar-refractivity contribution is -0.117. The third-order valence-electron chi connectivity index (χ3n) is 4.23. The van der Waals surface area contributed by atoms with Gasteiger partial charge in [0.1, 0.15) is 11.6 Å². The van der Waals surface area contributed by atoms with Crippen molar-refractivity contribution in [1.29, 1.82) is 0 Å². The number of thiophene rings is 1. The number of rotatable bonds is 13. The molecule has 0 saturated heterocycles. The first-order valence-electron chi connectivity index (χ1n) is 9.79. The van der Waals surface area contributed by atoms with Gasteiger partial charge >= 0.3 is 0 Å². The molecule has 2 rings (SSSR count). The minimum atomic E-state index is -0.246. The lowest BCUT2D eigenvalue weighted by atomic mass is 10.2. The first-order valence-corrected chi connectivity index (χ1v) is 11.8. The van der Waals surface area contributed by atoms with Gasteiger partial charge in [0.15, 0.2) is 0 Å². The second-order valence-corrected chi connectivity index (χ2v) is 8.42. The van der Waals surface area contributed by atoms with Gasteiger partial charge in [-0.05, 0) is 43.1 Å². The highest BCUT2D eigenvalue weighted by molar-refractivity contribution is 7.99. The van der Waals surface area contributed by atoms with E-state index in [2.05, 4.69) is 30.1 Å². The van der Waals surface area contributed by atoms with Crippen LogP contribution < -0.4 is 10.1 Å². The highest BCUT2D eigenvalue weighted by atomic mass is 35.5. The van der Waals surface area contributed by atoms with Crippen LogP contribution in [-0.2, 0) is 17.1 Å². The molecule has 0 unspecified atom stereocenters. The van der Waals surface area contributed by atoms with Crippen LogP contribution in [0.25, 0.3) is 0 Å². The molecule has 1 amide bonds. The number of halogens is 2. The smallest absolute Gasteiger partial charge is 0.233 e. The number of hydrogen-bond donors (Lipinski definition) is 1. The fraction of sp³-hybridized carbons (Fsp3) is 0.409. The van der Waals surface area contributed by atoms with Crippen molar-refractivity contribution in [1.82, 2.24) is 10.2 Å². The van der Waals surface area contributed by atoms with Crippen molar-refractivity contribution in [2.45, 2.75) is 32.6 Å². The molecule has 166 valence electrons. The lowest BCUT2D eigenvalue weighted by Crippen LogP contribution is -2.21. The van der Waals surface area contributed by atoms with Gasteiger partial charge in [-0.3, -0.25) is 9.69 Å². The molecule has 2 aromatic rings. The van der Waals surface area contributed by atoms with Crippen LogP contribution in [0.3, 0.4) is 0 Å². The molecule has 0 saturated carbocycles. The van der Waals surface area contributed by atoms with Gasteiger partial charge in [-0.1, -0.05) is 32.1 Å². The van der Waals surface area contributed by atoms with Gasteiger partial charge in [0.05, 0.1) is 12.4 Å². The molecular formula is C22H30ClFN2O2S2. The fourth-order valence-electron chi connectivity index (χ4n) is 2.55. The van der Waals surface area contributed by atoms with E-state index in [-0.39, 0.29) is 24.1 Å². The molecule has 0 aliphatic carbocycles. The Balaban J connectivity index is 0.00000450. The van der Waals surface area contributed by atoms with Crippen LogP contribution in [0.15, 0.2) is 48.0 Å². The summed E-state index contributed by atoms with van der Waals surface area (Å²) in [5, 5.41) is 4.80. The first-order chi connectivity index (χ1) is 14.1. The van der Waals surface area contributed by atoms with Crippen molar-refractivity contribution < 1.29 is 13.9 Å². The number of ether oxygens (including phenoxy) is 1. The van der Waals surface area contributed by atoms with Crippen molar-refractivity contribution >= 4 is 41.4 Å². The van der Waals surface area contributed by atoms with Gasteiger partial charge in [-0.2, -0.15) is 0 Å². The first kappa shape index (κ1) is 26.5. The molecule has 0 fully saturated rings. The summed E-state index contributed by atoms with van der Waals surface area (Å²) in [5.74, 6) is 1.66. The van der Waals surface area contributed by atoms with E-state index in [0.717, 1.165) is 37.4 Å². The molecule has 30 heavy (non-hydrogen) atoms. The zero-order chi connectivity index (χ0) is 20.9. The number of nitrogens with one attached hydrogen (secondary N) is 1. The van der Waals surface area contributed by atoms with Crippen molar-refractivity contribution in [2.24, 2.45) is 0 Å². The molecule has 1 heterocycles. The Kier molecular flexibility index (Phi) is 13.5. The maximum atomic E-state index is 12.8. The van der Waals surface area contributed by atoms with E-state index < -0.39 is 0 Å². The van der Waals surface area contributed by atoms with E-state index in [1.165, 1.54) is 28.8 Å². The van der Waals surface area contributed by atoms with E-state index >= 15 is 0 Å².